The highest BCUT2D eigenvalue weighted by Crippen LogP contribution is 2.27. The van der Waals surface area contributed by atoms with Crippen molar-refractivity contribution >= 4 is 22.6 Å². The van der Waals surface area contributed by atoms with Gasteiger partial charge in [-0.1, -0.05) is 20.3 Å². The fourth-order valence-corrected chi connectivity index (χ4v) is 1.79. The average Bonchev–Trinajstić information content (AvgIpc) is 2.19. The molecule has 1 rings (SSSR count). The number of aliphatic hydroxyl groups excluding tert-OH is 1. The van der Waals surface area contributed by atoms with Crippen molar-refractivity contribution in [3.63, 3.8) is 0 Å². The molecule has 0 aromatic heterocycles. The van der Waals surface area contributed by atoms with Gasteiger partial charge < -0.3 is 5.11 Å². The van der Waals surface area contributed by atoms with Crippen LogP contribution in [0.2, 0.25) is 0 Å². The molecule has 0 spiro atoms. The van der Waals surface area contributed by atoms with Crippen LogP contribution in [0, 0.1) is 15.3 Å². The Morgan fingerprint density at radius 2 is 2.14 bits per heavy atom. The Kier molecular flexibility index (Phi) is 4.31. The maximum absolute atomic E-state index is 13.4. The van der Waals surface area contributed by atoms with E-state index in [0.717, 1.165) is 9.99 Å². The monoisotopic (exact) mass is 308 g/mol. The maximum Gasteiger partial charge on any atom is 0.129 e. The van der Waals surface area contributed by atoms with Crippen LogP contribution in [-0.4, -0.2) is 5.11 Å². The summed E-state index contributed by atoms with van der Waals surface area (Å²) >= 11 is 2.11. The van der Waals surface area contributed by atoms with Crippen molar-refractivity contribution in [2.24, 2.45) is 5.92 Å². The number of hydrogen-bond acceptors (Lipinski definition) is 1. The zero-order valence-corrected chi connectivity index (χ0v) is 10.5. The van der Waals surface area contributed by atoms with E-state index in [1.54, 1.807) is 12.1 Å². The highest BCUT2D eigenvalue weighted by atomic mass is 127. The number of hydrogen-bond donors (Lipinski definition) is 1. The van der Waals surface area contributed by atoms with Gasteiger partial charge in [0.05, 0.1) is 6.10 Å². The third kappa shape index (κ3) is 2.67. The van der Waals surface area contributed by atoms with Crippen LogP contribution >= 0.6 is 22.6 Å². The molecule has 0 radical (unpaired) electrons. The van der Waals surface area contributed by atoms with E-state index in [2.05, 4.69) is 22.6 Å². The summed E-state index contributed by atoms with van der Waals surface area (Å²) in [4.78, 5) is 0. The molecule has 1 aromatic rings. The molecule has 1 N–H and O–H groups in total. The van der Waals surface area contributed by atoms with E-state index >= 15 is 0 Å². The van der Waals surface area contributed by atoms with Crippen LogP contribution in [0.5, 0.6) is 0 Å². The lowest BCUT2D eigenvalue weighted by molar-refractivity contribution is 0.111. The summed E-state index contributed by atoms with van der Waals surface area (Å²) in [5, 5.41) is 9.85. The Morgan fingerprint density at radius 3 is 2.71 bits per heavy atom. The Hall–Kier alpha value is -0.160. The molecule has 2 atom stereocenters. The van der Waals surface area contributed by atoms with Crippen molar-refractivity contribution in [3.05, 3.63) is 33.1 Å². The second-order valence-electron chi connectivity index (χ2n) is 3.50. The Morgan fingerprint density at radius 1 is 1.50 bits per heavy atom. The summed E-state index contributed by atoms with van der Waals surface area (Å²) in [6.07, 6.45) is 0.140. The normalized spacial score (nSPS) is 15.2. The van der Waals surface area contributed by atoms with Gasteiger partial charge >= 0.3 is 0 Å². The smallest absolute Gasteiger partial charge is 0.129 e. The molecule has 1 aromatic carbocycles. The van der Waals surface area contributed by atoms with Crippen molar-refractivity contribution in [2.45, 2.75) is 26.4 Å². The van der Waals surface area contributed by atoms with Crippen molar-refractivity contribution in [1.82, 2.24) is 0 Å². The van der Waals surface area contributed by atoms with E-state index in [1.807, 2.05) is 13.8 Å². The number of rotatable bonds is 3. The number of aliphatic hydroxyl groups is 1. The lowest BCUT2D eigenvalue weighted by Gasteiger charge is -2.18. The van der Waals surface area contributed by atoms with Gasteiger partial charge in [-0.25, -0.2) is 4.39 Å². The molecule has 0 bridgehead atoms. The van der Waals surface area contributed by atoms with Crippen LogP contribution in [0.4, 0.5) is 4.39 Å². The molecule has 2 unspecified atom stereocenters. The number of benzene rings is 1. The summed E-state index contributed by atoms with van der Waals surface area (Å²) in [6, 6.07) is 4.80. The van der Waals surface area contributed by atoms with Gasteiger partial charge in [0, 0.05) is 9.13 Å². The van der Waals surface area contributed by atoms with Crippen LogP contribution in [0.3, 0.4) is 0 Å². The first-order valence-corrected chi connectivity index (χ1v) is 5.77. The SMILES string of the molecule is CCC(C)C(O)c1cc(I)ccc1F. The van der Waals surface area contributed by atoms with Crippen LogP contribution in [0.15, 0.2) is 18.2 Å². The molecule has 0 aliphatic heterocycles. The first-order valence-electron chi connectivity index (χ1n) is 4.69. The molecule has 0 aliphatic carbocycles. The summed E-state index contributed by atoms with van der Waals surface area (Å²) in [6.45, 7) is 3.91. The highest BCUT2D eigenvalue weighted by molar-refractivity contribution is 14.1. The lowest BCUT2D eigenvalue weighted by atomic mass is 9.95. The van der Waals surface area contributed by atoms with Crippen LogP contribution in [0.1, 0.15) is 31.9 Å². The van der Waals surface area contributed by atoms with E-state index in [9.17, 15) is 9.50 Å². The first kappa shape index (κ1) is 11.9. The lowest BCUT2D eigenvalue weighted by Crippen LogP contribution is -2.10. The summed E-state index contributed by atoms with van der Waals surface area (Å²) in [5.74, 6) is -0.235. The van der Waals surface area contributed by atoms with Gasteiger partial charge in [0.1, 0.15) is 5.82 Å². The molecule has 1 nitrogen and oxygen atoms in total. The molecule has 14 heavy (non-hydrogen) atoms. The highest BCUT2D eigenvalue weighted by Gasteiger charge is 2.18. The minimum Gasteiger partial charge on any atom is -0.388 e. The number of halogens is 2. The molecular formula is C11H14FIO. The van der Waals surface area contributed by atoms with E-state index in [4.69, 9.17) is 0 Å². The van der Waals surface area contributed by atoms with E-state index in [1.165, 1.54) is 6.07 Å². The fourth-order valence-electron chi connectivity index (χ4n) is 1.27. The summed E-state index contributed by atoms with van der Waals surface area (Å²) in [7, 11) is 0. The fraction of sp³-hybridized carbons (Fsp3) is 0.455. The predicted octanol–water partition coefficient (Wildman–Crippen LogP) is 3.51. The van der Waals surface area contributed by atoms with Crippen LogP contribution < -0.4 is 0 Å². The van der Waals surface area contributed by atoms with E-state index in [-0.39, 0.29) is 11.7 Å². The molecule has 0 saturated heterocycles. The topological polar surface area (TPSA) is 20.2 Å². The van der Waals surface area contributed by atoms with Crippen molar-refractivity contribution in [3.8, 4) is 0 Å². The van der Waals surface area contributed by atoms with E-state index in [0.29, 0.717) is 5.56 Å². The van der Waals surface area contributed by atoms with Gasteiger partial charge in [-0.3, -0.25) is 0 Å². The molecular weight excluding hydrogens is 294 g/mol. The average molecular weight is 308 g/mol. The van der Waals surface area contributed by atoms with Crippen LogP contribution in [0.25, 0.3) is 0 Å². The molecule has 0 fully saturated rings. The quantitative estimate of drug-likeness (QED) is 0.847. The largest absolute Gasteiger partial charge is 0.388 e. The zero-order chi connectivity index (χ0) is 10.7. The van der Waals surface area contributed by atoms with Gasteiger partial charge in [-0.2, -0.15) is 0 Å². The van der Waals surface area contributed by atoms with Gasteiger partial charge in [0.25, 0.3) is 0 Å². The Labute approximate surface area is 97.5 Å². The van der Waals surface area contributed by atoms with Gasteiger partial charge in [-0.05, 0) is 46.7 Å². The maximum atomic E-state index is 13.4. The standard InChI is InChI=1S/C11H14FIO/c1-3-7(2)11(14)9-6-8(13)4-5-10(9)12/h4-7,11,14H,3H2,1-2H3. The third-order valence-electron chi connectivity index (χ3n) is 2.46. The molecule has 0 aliphatic rings. The molecule has 78 valence electrons. The molecule has 3 heteroatoms. The van der Waals surface area contributed by atoms with Crippen molar-refractivity contribution in [2.75, 3.05) is 0 Å². The van der Waals surface area contributed by atoms with Crippen molar-refractivity contribution < 1.29 is 9.50 Å². The summed E-state index contributed by atoms with van der Waals surface area (Å²) in [5.41, 5.74) is 0.409. The minimum absolute atomic E-state index is 0.0858. The zero-order valence-electron chi connectivity index (χ0n) is 8.30. The third-order valence-corrected chi connectivity index (χ3v) is 3.13. The Bertz CT molecular complexity index is 314. The molecule has 0 saturated carbocycles. The minimum atomic E-state index is -0.699. The van der Waals surface area contributed by atoms with E-state index < -0.39 is 6.10 Å². The van der Waals surface area contributed by atoms with Gasteiger partial charge in [0.15, 0.2) is 0 Å². The van der Waals surface area contributed by atoms with Crippen molar-refractivity contribution in [1.29, 1.82) is 0 Å². The van der Waals surface area contributed by atoms with Crippen LogP contribution in [-0.2, 0) is 0 Å². The second-order valence-corrected chi connectivity index (χ2v) is 4.74. The van der Waals surface area contributed by atoms with Gasteiger partial charge in [0.2, 0.25) is 0 Å². The predicted molar refractivity (Wildman–Crippen MR) is 63.5 cm³/mol. The molecule has 0 heterocycles. The molecule has 0 amide bonds. The summed E-state index contributed by atoms with van der Waals surface area (Å²) < 4.78 is 14.3. The first-order chi connectivity index (χ1) is 6.56. The second kappa shape index (κ2) is 5.07. The Balaban J connectivity index is 2.99. The van der Waals surface area contributed by atoms with Gasteiger partial charge in [-0.15, -0.1) is 0 Å².